The highest BCUT2D eigenvalue weighted by molar-refractivity contribution is 8.26. The molecule has 68 valence electrons. The van der Waals surface area contributed by atoms with E-state index in [0.29, 0.717) is 15.0 Å². The molecule has 1 saturated heterocycles. The highest BCUT2D eigenvalue weighted by Gasteiger charge is 2.28. The van der Waals surface area contributed by atoms with Crippen LogP contribution < -0.4 is 5.32 Å². The molecule has 3 nitrogen and oxygen atoms in total. The van der Waals surface area contributed by atoms with Crippen molar-refractivity contribution in [1.82, 2.24) is 5.32 Å². The molecule has 0 aromatic rings. The number of nitrogens with one attached hydrogen (secondary N) is 1. The molecular formula is C8H7NO2S2. The summed E-state index contributed by atoms with van der Waals surface area (Å²) in [6.07, 6.45) is 3.75. The quantitative estimate of drug-likeness (QED) is 0.486. The van der Waals surface area contributed by atoms with E-state index in [1.165, 1.54) is 11.8 Å². The van der Waals surface area contributed by atoms with Gasteiger partial charge in [-0.1, -0.05) is 24.0 Å². The molecule has 13 heavy (non-hydrogen) atoms. The smallest absolute Gasteiger partial charge is 0.267 e. The number of carbonyl (C=O) groups is 1. The van der Waals surface area contributed by atoms with Gasteiger partial charge in [-0.05, 0) is 19.1 Å². The number of rotatable bonds is 0. The molecule has 1 atom stereocenters. The van der Waals surface area contributed by atoms with Crippen LogP contribution in [0.5, 0.6) is 0 Å². The number of thioether (sulfide) groups is 1. The van der Waals surface area contributed by atoms with E-state index >= 15 is 0 Å². The second-order valence-electron chi connectivity index (χ2n) is 2.72. The highest BCUT2D eigenvalue weighted by Crippen LogP contribution is 2.30. The maximum atomic E-state index is 11.3. The zero-order valence-electron chi connectivity index (χ0n) is 6.87. The van der Waals surface area contributed by atoms with Crippen LogP contribution in [0.1, 0.15) is 6.92 Å². The van der Waals surface area contributed by atoms with Crippen LogP contribution in [0, 0.1) is 0 Å². The van der Waals surface area contributed by atoms with Gasteiger partial charge >= 0.3 is 0 Å². The maximum Gasteiger partial charge on any atom is 0.267 e. The number of thiocarbonyl (C=S) groups is 1. The Kier molecular flexibility index (Phi) is 2.13. The van der Waals surface area contributed by atoms with Crippen LogP contribution in [0.3, 0.4) is 0 Å². The number of amides is 1. The lowest BCUT2D eigenvalue weighted by molar-refractivity contribution is -0.115. The van der Waals surface area contributed by atoms with Gasteiger partial charge in [0.25, 0.3) is 5.91 Å². The van der Waals surface area contributed by atoms with Crippen molar-refractivity contribution in [3.63, 3.8) is 0 Å². The molecule has 5 heteroatoms. The Labute approximate surface area is 85.2 Å². The molecule has 1 unspecified atom stereocenters. The molecule has 1 N–H and O–H groups in total. The summed E-state index contributed by atoms with van der Waals surface area (Å²) in [7, 11) is 0. The lowest BCUT2D eigenvalue weighted by Gasteiger charge is -2.04. The molecule has 1 fully saturated rings. The Balaban J connectivity index is 2.30. The van der Waals surface area contributed by atoms with E-state index in [-0.39, 0.29) is 12.0 Å². The Morgan fingerprint density at radius 2 is 2.46 bits per heavy atom. The summed E-state index contributed by atoms with van der Waals surface area (Å²) >= 11 is 6.10. The van der Waals surface area contributed by atoms with Gasteiger partial charge in [-0.15, -0.1) is 0 Å². The lowest BCUT2D eigenvalue weighted by Crippen LogP contribution is -2.18. The molecule has 0 aromatic carbocycles. The fourth-order valence-corrected chi connectivity index (χ4v) is 2.14. The van der Waals surface area contributed by atoms with Crippen LogP contribution in [-0.4, -0.2) is 16.3 Å². The molecule has 0 saturated carbocycles. The summed E-state index contributed by atoms with van der Waals surface area (Å²) in [5.74, 6) is 0.457. The first-order chi connectivity index (χ1) is 6.16. The van der Waals surface area contributed by atoms with Crippen LogP contribution in [0.4, 0.5) is 0 Å². The summed E-state index contributed by atoms with van der Waals surface area (Å²) in [4.78, 5) is 11.8. The Morgan fingerprint density at radius 3 is 2.92 bits per heavy atom. The van der Waals surface area contributed by atoms with Gasteiger partial charge in [-0.25, -0.2) is 0 Å². The lowest BCUT2D eigenvalue weighted by atomic mass is 10.4. The Hall–Kier alpha value is -0.810. The van der Waals surface area contributed by atoms with Crippen LogP contribution in [0.2, 0.25) is 0 Å². The third kappa shape index (κ3) is 1.62. The van der Waals surface area contributed by atoms with Crippen molar-refractivity contribution in [3.05, 3.63) is 22.8 Å². The second kappa shape index (κ2) is 3.16. The van der Waals surface area contributed by atoms with E-state index in [4.69, 9.17) is 17.0 Å². The maximum absolute atomic E-state index is 11.3. The fourth-order valence-electron chi connectivity index (χ4n) is 1.11. The van der Waals surface area contributed by atoms with Gasteiger partial charge in [-0.2, -0.15) is 0 Å². The van der Waals surface area contributed by atoms with Crippen LogP contribution in [-0.2, 0) is 9.53 Å². The van der Waals surface area contributed by atoms with E-state index in [1.807, 2.05) is 13.0 Å². The fraction of sp³-hybridized carbons (Fsp3) is 0.250. The first kappa shape index (κ1) is 8.77. The molecule has 2 aliphatic rings. The van der Waals surface area contributed by atoms with Crippen LogP contribution in [0.25, 0.3) is 0 Å². The Bertz CT molecular complexity index is 346. The Morgan fingerprint density at radius 1 is 1.69 bits per heavy atom. The van der Waals surface area contributed by atoms with Crippen molar-refractivity contribution in [1.29, 1.82) is 0 Å². The molecule has 0 aromatic heterocycles. The molecule has 0 aliphatic carbocycles. The molecule has 1 amide bonds. The average molecular weight is 213 g/mol. The summed E-state index contributed by atoms with van der Waals surface area (Å²) in [5.41, 5.74) is 0. The van der Waals surface area contributed by atoms with Gasteiger partial charge in [-0.3, -0.25) is 4.79 Å². The molecule has 2 aliphatic heterocycles. The molecule has 0 radical (unpaired) electrons. The number of ether oxygens (including phenoxy) is 1. The van der Waals surface area contributed by atoms with Crippen molar-refractivity contribution in [2.75, 3.05) is 0 Å². The first-order valence-electron chi connectivity index (χ1n) is 3.79. The van der Waals surface area contributed by atoms with Gasteiger partial charge < -0.3 is 10.1 Å². The largest absolute Gasteiger partial charge is 0.485 e. The van der Waals surface area contributed by atoms with Crippen molar-refractivity contribution < 1.29 is 9.53 Å². The number of hydrogen-bond donors (Lipinski definition) is 1. The minimum atomic E-state index is -0.163. The summed E-state index contributed by atoms with van der Waals surface area (Å²) in [5, 5.41) is 2.54. The summed E-state index contributed by atoms with van der Waals surface area (Å²) in [6, 6.07) is 0. The minimum absolute atomic E-state index is 0.0464. The molecule has 0 spiro atoms. The standard InChI is InChI=1S/C8H7NO2S2/c1-4-2-3-5(11-4)6-7(10)9-8(12)13-6/h2-4H,1H3,(H,9,10,12). The van der Waals surface area contributed by atoms with Gasteiger partial charge in [0, 0.05) is 0 Å². The molecule has 2 rings (SSSR count). The van der Waals surface area contributed by atoms with Gasteiger partial charge in [0.05, 0.1) is 0 Å². The number of carbonyl (C=O) groups excluding carboxylic acids is 1. The van der Waals surface area contributed by atoms with Crippen molar-refractivity contribution >= 4 is 34.2 Å². The van der Waals surface area contributed by atoms with E-state index in [9.17, 15) is 4.79 Å². The van der Waals surface area contributed by atoms with E-state index < -0.39 is 0 Å². The average Bonchev–Trinajstić information content (AvgIpc) is 2.58. The topological polar surface area (TPSA) is 38.3 Å². The van der Waals surface area contributed by atoms with Gasteiger partial charge in [0.1, 0.15) is 21.1 Å². The van der Waals surface area contributed by atoms with E-state index in [0.717, 1.165) is 0 Å². The normalized spacial score (nSPS) is 32.2. The van der Waals surface area contributed by atoms with Crippen LogP contribution in [0.15, 0.2) is 22.8 Å². The third-order valence-corrected chi connectivity index (χ3v) is 2.90. The van der Waals surface area contributed by atoms with Gasteiger partial charge in [0.15, 0.2) is 0 Å². The van der Waals surface area contributed by atoms with Gasteiger partial charge in [0.2, 0.25) is 0 Å². The van der Waals surface area contributed by atoms with Crippen LogP contribution >= 0.6 is 24.0 Å². The summed E-state index contributed by atoms with van der Waals surface area (Å²) in [6.45, 7) is 1.92. The minimum Gasteiger partial charge on any atom is -0.485 e. The monoisotopic (exact) mass is 213 g/mol. The number of hydrogen-bond acceptors (Lipinski definition) is 4. The SMILES string of the molecule is CC1C=CC(=C2SC(=S)NC2=O)O1. The number of allylic oxidation sites excluding steroid dienone is 1. The third-order valence-electron chi connectivity index (χ3n) is 1.67. The zero-order valence-corrected chi connectivity index (χ0v) is 8.50. The second-order valence-corrected chi connectivity index (χ2v) is 4.41. The predicted octanol–water partition coefficient (Wildman–Crippen LogP) is 1.32. The van der Waals surface area contributed by atoms with E-state index in [2.05, 4.69) is 5.32 Å². The van der Waals surface area contributed by atoms with E-state index in [1.54, 1.807) is 6.08 Å². The molecule has 0 bridgehead atoms. The van der Waals surface area contributed by atoms with Crippen molar-refractivity contribution in [3.8, 4) is 0 Å². The summed E-state index contributed by atoms with van der Waals surface area (Å²) < 4.78 is 5.88. The molecular weight excluding hydrogens is 206 g/mol. The predicted molar refractivity (Wildman–Crippen MR) is 55.0 cm³/mol. The first-order valence-corrected chi connectivity index (χ1v) is 5.01. The molecule has 2 heterocycles. The van der Waals surface area contributed by atoms with Crippen molar-refractivity contribution in [2.45, 2.75) is 13.0 Å². The highest BCUT2D eigenvalue weighted by atomic mass is 32.2. The zero-order chi connectivity index (χ0) is 9.42. The van der Waals surface area contributed by atoms with Crippen molar-refractivity contribution in [2.24, 2.45) is 0 Å².